The first-order chi connectivity index (χ1) is 9.10. The van der Waals surface area contributed by atoms with Gasteiger partial charge in [-0.2, -0.15) is 0 Å². The van der Waals surface area contributed by atoms with Gasteiger partial charge in [-0.3, -0.25) is 4.90 Å². The molecule has 0 amide bonds. The minimum absolute atomic E-state index is 0.0800. The summed E-state index contributed by atoms with van der Waals surface area (Å²) in [4.78, 5) is 2.55. The average Bonchev–Trinajstić information content (AvgIpc) is 3.19. The second-order valence-electron chi connectivity index (χ2n) is 6.18. The standard InChI is InChI=1S/C17H26FN/c1-4-6-12-19(11-5-2)16-13-15(16)17(3)9-7-14(18)8-10-17/h5,7-9,15-16H,2,4,6,10-13H2,1,3H3/t15-,16-,17?/m1/s1. The molecule has 0 bridgehead atoms. The molecule has 0 aromatic heterocycles. The third-order valence-corrected chi connectivity index (χ3v) is 4.60. The second kappa shape index (κ2) is 6.04. The lowest BCUT2D eigenvalue weighted by atomic mass is 9.78. The van der Waals surface area contributed by atoms with Crippen LogP contribution in [0.3, 0.4) is 0 Å². The Labute approximate surface area is 116 Å². The Kier molecular flexibility index (Phi) is 4.62. The van der Waals surface area contributed by atoms with E-state index in [0.29, 0.717) is 12.0 Å². The molecule has 2 heteroatoms. The van der Waals surface area contributed by atoms with Gasteiger partial charge in [0.05, 0.1) is 0 Å². The number of allylic oxidation sites excluding steroid dienone is 4. The van der Waals surface area contributed by atoms with Gasteiger partial charge in [0.15, 0.2) is 0 Å². The van der Waals surface area contributed by atoms with Crippen LogP contribution in [-0.4, -0.2) is 24.0 Å². The fraction of sp³-hybridized carbons (Fsp3) is 0.647. The van der Waals surface area contributed by atoms with Gasteiger partial charge in [-0.25, -0.2) is 4.39 Å². The summed E-state index contributed by atoms with van der Waals surface area (Å²) in [5.41, 5.74) is 0.145. The second-order valence-corrected chi connectivity index (χ2v) is 6.18. The van der Waals surface area contributed by atoms with Gasteiger partial charge in [-0.1, -0.05) is 32.4 Å². The summed E-state index contributed by atoms with van der Waals surface area (Å²) in [6.45, 7) is 10.5. The van der Waals surface area contributed by atoms with Crippen molar-refractivity contribution >= 4 is 0 Å². The molecule has 1 fully saturated rings. The van der Waals surface area contributed by atoms with Gasteiger partial charge >= 0.3 is 0 Å². The summed E-state index contributed by atoms with van der Waals surface area (Å²) in [5.74, 6) is 0.591. The summed E-state index contributed by atoms with van der Waals surface area (Å²) in [7, 11) is 0. The SMILES string of the molecule is C=CCN(CCCC)[C@@H]1C[C@H]1C1(C)C=CC(F)=CC1. The Morgan fingerprint density at radius 3 is 2.95 bits per heavy atom. The minimum atomic E-state index is -0.0800. The number of unbranched alkanes of at least 4 members (excludes halogenated alkanes) is 1. The van der Waals surface area contributed by atoms with E-state index < -0.39 is 0 Å². The Balaban J connectivity index is 1.94. The van der Waals surface area contributed by atoms with Crippen LogP contribution >= 0.6 is 0 Å². The maximum Gasteiger partial charge on any atom is 0.118 e. The number of nitrogens with zero attached hydrogens (tertiary/aromatic N) is 1. The van der Waals surface area contributed by atoms with Crippen molar-refractivity contribution in [2.75, 3.05) is 13.1 Å². The predicted molar refractivity (Wildman–Crippen MR) is 79.6 cm³/mol. The van der Waals surface area contributed by atoms with Crippen LogP contribution in [-0.2, 0) is 0 Å². The Hall–Kier alpha value is -0.890. The molecular weight excluding hydrogens is 237 g/mol. The van der Waals surface area contributed by atoms with Crippen LogP contribution in [0.2, 0.25) is 0 Å². The van der Waals surface area contributed by atoms with E-state index in [1.54, 1.807) is 12.2 Å². The van der Waals surface area contributed by atoms with E-state index in [0.717, 1.165) is 19.5 Å². The minimum Gasteiger partial charge on any atom is -0.296 e. The average molecular weight is 263 g/mol. The maximum atomic E-state index is 13.1. The molecular formula is C17H26FN. The van der Waals surface area contributed by atoms with E-state index in [1.807, 2.05) is 6.08 Å². The monoisotopic (exact) mass is 263 g/mol. The number of rotatable bonds is 7. The predicted octanol–water partition coefficient (Wildman–Crippen LogP) is 4.48. The van der Waals surface area contributed by atoms with Crippen LogP contribution in [0.1, 0.15) is 39.5 Å². The van der Waals surface area contributed by atoms with Crippen LogP contribution in [0.15, 0.2) is 36.7 Å². The molecule has 0 radical (unpaired) electrons. The van der Waals surface area contributed by atoms with E-state index in [4.69, 9.17) is 0 Å². The van der Waals surface area contributed by atoms with E-state index in [2.05, 4.69) is 31.4 Å². The first-order valence-electron chi connectivity index (χ1n) is 7.50. The molecule has 2 rings (SSSR count). The summed E-state index contributed by atoms with van der Waals surface area (Å²) in [6.07, 6.45) is 12.0. The molecule has 0 heterocycles. The Morgan fingerprint density at radius 1 is 1.58 bits per heavy atom. The first-order valence-corrected chi connectivity index (χ1v) is 7.50. The topological polar surface area (TPSA) is 3.24 Å². The zero-order chi connectivity index (χ0) is 13.9. The van der Waals surface area contributed by atoms with Crippen molar-refractivity contribution in [2.45, 2.75) is 45.6 Å². The van der Waals surface area contributed by atoms with Crippen LogP contribution in [0, 0.1) is 11.3 Å². The molecule has 0 N–H and O–H groups in total. The molecule has 0 aromatic carbocycles. The van der Waals surface area contributed by atoms with Gasteiger partial charge < -0.3 is 0 Å². The summed E-state index contributed by atoms with van der Waals surface area (Å²) >= 11 is 0. The van der Waals surface area contributed by atoms with E-state index in [9.17, 15) is 4.39 Å². The molecule has 1 nitrogen and oxygen atoms in total. The van der Waals surface area contributed by atoms with Crippen LogP contribution in [0.25, 0.3) is 0 Å². The van der Waals surface area contributed by atoms with Gasteiger partial charge in [-0.15, -0.1) is 6.58 Å². The van der Waals surface area contributed by atoms with E-state index >= 15 is 0 Å². The Bertz CT molecular complexity index is 385. The van der Waals surface area contributed by atoms with Gasteiger partial charge in [0.2, 0.25) is 0 Å². The zero-order valence-electron chi connectivity index (χ0n) is 12.2. The highest BCUT2D eigenvalue weighted by molar-refractivity contribution is 5.25. The van der Waals surface area contributed by atoms with Crippen molar-refractivity contribution in [3.05, 3.63) is 36.7 Å². The molecule has 2 aliphatic carbocycles. The third kappa shape index (κ3) is 3.36. The molecule has 1 saturated carbocycles. The number of halogens is 1. The molecule has 3 atom stereocenters. The fourth-order valence-electron chi connectivity index (χ4n) is 3.21. The summed E-state index contributed by atoms with van der Waals surface area (Å²) < 4.78 is 13.1. The number of hydrogen-bond donors (Lipinski definition) is 0. The van der Waals surface area contributed by atoms with Crippen LogP contribution in [0.5, 0.6) is 0 Å². The Morgan fingerprint density at radius 2 is 2.37 bits per heavy atom. The quantitative estimate of drug-likeness (QED) is 0.612. The molecule has 2 aliphatic rings. The highest BCUT2D eigenvalue weighted by Crippen LogP contribution is 2.52. The van der Waals surface area contributed by atoms with Crippen molar-refractivity contribution < 1.29 is 4.39 Å². The zero-order valence-corrected chi connectivity index (χ0v) is 12.2. The normalized spacial score (nSPS) is 33.4. The first kappa shape index (κ1) is 14.5. The largest absolute Gasteiger partial charge is 0.296 e. The smallest absolute Gasteiger partial charge is 0.118 e. The fourth-order valence-corrected chi connectivity index (χ4v) is 3.21. The van der Waals surface area contributed by atoms with Crippen molar-refractivity contribution in [1.29, 1.82) is 0 Å². The molecule has 1 unspecified atom stereocenters. The summed E-state index contributed by atoms with van der Waals surface area (Å²) in [5, 5.41) is 0. The lowest BCUT2D eigenvalue weighted by molar-refractivity contribution is 0.236. The maximum absolute atomic E-state index is 13.1. The molecule has 106 valence electrons. The van der Waals surface area contributed by atoms with Crippen LogP contribution in [0.4, 0.5) is 4.39 Å². The van der Waals surface area contributed by atoms with Gasteiger partial charge in [0, 0.05) is 12.6 Å². The van der Waals surface area contributed by atoms with Crippen molar-refractivity contribution in [2.24, 2.45) is 11.3 Å². The van der Waals surface area contributed by atoms with E-state index in [1.165, 1.54) is 19.3 Å². The van der Waals surface area contributed by atoms with Gasteiger partial charge in [0.25, 0.3) is 0 Å². The van der Waals surface area contributed by atoms with E-state index in [-0.39, 0.29) is 11.2 Å². The van der Waals surface area contributed by atoms with Gasteiger partial charge in [-0.05, 0) is 49.3 Å². The highest BCUT2D eigenvalue weighted by Gasteiger charge is 2.50. The molecule has 0 saturated heterocycles. The molecule has 19 heavy (non-hydrogen) atoms. The van der Waals surface area contributed by atoms with Crippen molar-refractivity contribution in [3.8, 4) is 0 Å². The molecule has 0 spiro atoms. The summed E-state index contributed by atoms with van der Waals surface area (Å²) in [6, 6.07) is 0.661. The van der Waals surface area contributed by atoms with Crippen molar-refractivity contribution in [3.63, 3.8) is 0 Å². The lowest BCUT2D eigenvalue weighted by Crippen LogP contribution is -2.32. The van der Waals surface area contributed by atoms with Gasteiger partial charge in [0.1, 0.15) is 5.83 Å². The number of hydrogen-bond acceptors (Lipinski definition) is 1. The van der Waals surface area contributed by atoms with Crippen molar-refractivity contribution in [1.82, 2.24) is 4.90 Å². The lowest BCUT2D eigenvalue weighted by Gasteiger charge is -2.30. The highest BCUT2D eigenvalue weighted by atomic mass is 19.1. The molecule has 0 aromatic rings. The third-order valence-electron chi connectivity index (χ3n) is 4.60. The molecule has 0 aliphatic heterocycles. The van der Waals surface area contributed by atoms with Crippen LogP contribution < -0.4 is 0 Å².